The molecule has 0 amide bonds. The minimum atomic E-state index is -3.27. The average Bonchev–Trinajstić information content (AvgIpc) is 2.16. The predicted octanol–water partition coefficient (Wildman–Crippen LogP) is 3.48. The van der Waals surface area contributed by atoms with E-state index in [4.69, 9.17) is 4.52 Å². The zero-order valence-corrected chi connectivity index (χ0v) is 11.3. The van der Waals surface area contributed by atoms with Crippen LogP contribution in [0.25, 0.3) is 0 Å². The molecule has 0 aromatic carbocycles. The van der Waals surface area contributed by atoms with Gasteiger partial charge in [0.1, 0.15) is 0 Å². The van der Waals surface area contributed by atoms with E-state index in [0.717, 1.165) is 25.0 Å². The largest absolute Gasteiger partial charge is 0.328 e. The molecule has 0 saturated heterocycles. The molecule has 0 rings (SSSR count). The van der Waals surface area contributed by atoms with Gasteiger partial charge in [-0.3, -0.25) is 4.57 Å². The highest BCUT2D eigenvalue weighted by atomic mass is 32.1. The van der Waals surface area contributed by atoms with Gasteiger partial charge in [-0.25, -0.2) is 0 Å². The lowest BCUT2D eigenvalue weighted by Gasteiger charge is -2.09. The highest BCUT2D eigenvalue weighted by Gasteiger charge is 2.16. The Hall–Kier alpha value is 0.500. The van der Waals surface area contributed by atoms with Crippen molar-refractivity contribution in [2.75, 3.05) is 18.5 Å². The fraction of sp³-hybridized carbons (Fsp3) is 1.00. The van der Waals surface area contributed by atoms with Gasteiger partial charge in [-0.05, 0) is 25.5 Å². The zero-order valence-electron chi connectivity index (χ0n) is 9.52. The zero-order chi connectivity index (χ0) is 11.6. The molecular formula is C10H23O3PS. The average molecular weight is 254 g/mol. The molecule has 1 unspecified atom stereocenters. The Bertz CT molecular complexity index is 188. The molecule has 5 heteroatoms. The highest BCUT2D eigenvalue weighted by molar-refractivity contribution is 7.80. The quantitative estimate of drug-likeness (QED) is 0.356. The summed E-state index contributed by atoms with van der Waals surface area (Å²) in [5, 5.41) is 0. The summed E-state index contributed by atoms with van der Waals surface area (Å²) in [6.45, 7) is 2.05. The van der Waals surface area contributed by atoms with Gasteiger partial charge in [-0.1, -0.05) is 25.7 Å². The van der Waals surface area contributed by atoms with E-state index in [1.54, 1.807) is 6.92 Å². The van der Waals surface area contributed by atoms with Gasteiger partial charge in [0.15, 0.2) is 0 Å². The minimum Gasteiger partial charge on any atom is -0.324 e. The van der Waals surface area contributed by atoms with Crippen molar-refractivity contribution in [3.8, 4) is 0 Å². The molecule has 1 atom stereocenters. The molecule has 0 aromatic rings. The summed E-state index contributed by atoms with van der Waals surface area (Å²) in [5.41, 5.74) is 0. The van der Waals surface area contributed by atoms with Crippen molar-refractivity contribution in [2.24, 2.45) is 0 Å². The van der Waals surface area contributed by atoms with Gasteiger partial charge in [-0.15, -0.1) is 0 Å². The van der Waals surface area contributed by atoms with Crippen LogP contribution in [-0.4, -0.2) is 23.4 Å². The lowest BCUT2D eigenvalue weighted by Crippen LogP contribution is -1.94. The third-order valence-corrected chi connectivity index (χ3v) is 4.04. The monoisotopic (exact) mass is 254 g/mol. The number of hydrogen-bond donors (Lipinski definition) is 2. The van der Waals surface area contributed by atoms with E-state index in [1.807, 2.05) is 0 Å². The Balaban J connectivity index is 3.26. The van der Waals surface area contributed by atoms with Crippen molar-refractivity contribution < 1.29 is 14.0 Å². The van der Waals surface area contributed by atoms with E-state index in [0.29, 0.717) is 12.8 Å². The third kappa shape index (κ3) is 10.8. The maximum absolute atomic E-state index is 11.3. The van der Waals surface area contributed by atoms with Gasteiger partial charge in [-0.2, -0.15) is 12.6 Å². The minimum absolute atomic E-state index is 0.299. The van der Waals surface area contributed by atoms with Crippen molar-refractivity contribution in [2.45, 2.75) is 45.4 Å². The molecule has 0 heterocycles. The Morgan fingerprint density at radius 1 is 1.13 bits per heavy atom. The van der Waals surface area contributed by atoms with E-state index in [1.165, 1.54) is 19.3 Å². The molecule has 0 spiro atoms. The first-order valence-electron chi connectivity index (χ1n) is 5.69. The Morgan fingerprint density at radius 3 is 2.20 bits per heavy atom. The molecule has 1 N–H and O–H groups in total. The molecule has 0 aliphatic heterocycles. The fourth-order valence-corrected chi connectivity index (χ4v) is 2.78. The highest BCUT2D eigenvalue weighted by Crippen LogP contribution is 2.42. The van der Waals surface area contributed by atoms with E-state index >= 15 is 0 Å². The van der Waals surface area contributed by atoms with Crippen molar-refractivity contribution in [1.82, 2.24) is 0 Å². The third-order valence-electron chi connectivity index (χ3n) is 2.18. The van der Waals surface area contributed by atoms with Crippen LogP contribution in [0.4, 0.5) is 0 Å². The van der Waals surface area contributed by atoms with Crippen LogP contribution in [0.5, 0.6) is 0 Å². The first kappa shape index (κ1) is 15.5. The summed E-state index contributed by atoms with van der Waals surface area (Å²) < 4.78 is 16.0. The Labute approximate surface area is 98.5 Å². The Morgan fingerprint density at radius 2 is 1.67 bits per heavy atom. The van der Waals surface area contributed by atoms with Crippen LogP contribution in [0.1, 0.15) is 45.4 Å². The van der Waals surface area contributed by atoms with E-state index in [9.17, 15) is 9.46 Å². The van der Waals surface area contributed by atoms with Gasteiger partial charge in [0.25, 0.3) is 0 Å². The van der Waals surface area contributed by atoms with Gasteiger partial charge < -0.3 is 9.42 Å². The lowest BCUT2D eigenvalue weighted by atomic mass is 10.1. The molecule has 0 fully saturated rings. The molecule has 3 nitrogen and oxygen atoms in total. The van der Waals surface area contributed by atoms with Crippen LogP contribution in [0, 0.1) is 0 Å². The second-order valence-electron chi connectivity index (χ2n) is 3.62. The summed E-state index contributed by atoms with van der Waals surface area (Å²) in [7, 11) is -3.27. The molecule has 0 aliphatic carbocycles. The van der Waals surface area contributed by atoms with Crippen LogP contribution in [0.2, 0.25) is 0 Å². The molecule has 92 valence electrons. The Kier molecular flexibility index (Phi) is 10.0. The van der Waals surface area contributed by atoms with Crippen LogP contribution in [0.15, 0.2) is 0 Å². The SMILES string of the molecule is CCOP(=O)(O)CCCCCCCCS. The van der Waals surface area contributed by atoms with Gasteiger partial charge in [0, 0.05) is 6.16 Å². The predicted molar refractivity (Wildman–Crippen MR) is 67.9 cm³/mol. The summed E-state index contributed by atoms with van der Waals surface area (Å²) in [5.74, 6) is 0.955. The number of unbranched alkanes of at least 4 members (excludes halogenated alkanes) is 5. The summed E-state index contributed by atoms with van der Waals surface area (Å²) >= 11 is 4.14. The molecule has 15 heavy (non-hydrogen) atoms. The summed E-state index contributed by atoms with van der Waals surface area (Å²) in [6, 6.07) is 0. The molecule has 0 aliphatic rings. The van der Waals surface area contributed by atoms with Crippen LogP contribution >= 0.6 is 20.2 Å². The lowest BCUT2D eigenvalue weighted by molar-refractivity contribution is 0.272. The van der Waals surface area contributed by atoms with Crippen molar-refractivity contribution in [3.63, 3.8) is 0 Å². The maximum Gasteiger partial charge on any atom is 0.328 e. The normalized spacial score (nSPS) is 15.1. The number of rotatable bonds is 10. The smallest absolute Gasteiger partial charge is 0.324 e. The van der Waals surface area contributed by atoms with E-state index < -0.39 is 7.60 Å². The molecule has 0 saturated carbocycles. The van der Waals surface area contributed by atoms with Gasteiger partial charge in [0.05, 0.1) is 6.61 Å². The van der Waals surface area contributed by atoms with Crippen molar-refractivity contribution in [3.05, 3.63) is 0 Å². The first-order valence-corrected chi connectivity index (χ1v) is 8.09. The van der Waals surface area contributed by atoms with Crippen molar-refractivity contribution >= 4 is 20.2 Å². The fourth-order valence-electron chi connectivity index (χ4n) is 1.40. The van der Waals surface area contributed by atoms with Gasteiger partial charge in [0.2, 0.25) is 0 Å². The molecule has 0 bridgehead atoms. The topological polar surface area (TPSA) is 46.5 Å². The molecule has 0 radical (unpaired) electrons. The molecule has 0 aromatic heterocycles. The second-order valence-corrected chi connectivity index (χ2v) is 6.05. The summed E-state index contributed by atoms with van der Waals surface area (Å²) in [6.07, 6.45) is 6.82. The number of hydrogen-bond acceptors (Lipinski definition) is 3. The van der Waals surface area contributed by atoms with Gasteiger partial charge >= 0.3 is 7.60 Å². The number of thiol groups is 1. The molecular weight excluding hydrogens is 231 g/mol. The van der Waals surface area contributed by atoms with Crippen LogP contribution in [-0.2, 0) is 9.09 Å². The summed E-state index contributed by atoms with van der Waals surface area (Å²) in [4.78, 5) is 9.28. The first-order chi connectivity index (χ1) is 7.12. The second kappa shape index (κ2) is 9.71. The standard InChI is InChI=1S/C10H23O3PS/c1-2-13-14(11,12)9-7-5-3-4-6-8-10-15/h15H,2-10H2,1H3,(H,11,12). The van der Waals surface area contributed by atoms with E-state index in [-0.39, 0.29) is 0 Å². The van der Waals surface area contributed by atoms with E-state index in [2.05, 4.69) is 12.6 Å². The van der Waals surface area contributed by atoms with Crippen molar-refractivity contribution in [1.29, 1.82) is 0 Å². The maximum atomic E-state index is 11.3. The van der Waals surface area contributed by atoms with Crippen LogP contribution in [0.3, 0.4) is 0 Å². The van der Waals surface area contributed by atoms with Crippen LogP contribution < -0.4 is 0 Å².